The van der Waals surface area contributed by atoms with Crippen LogP contribution < -0.4 is 5.32 Å². The van der Waals surface area contributed by atoms with Crippen LogP contribution in [0.2, 0.25) is 0 Å². The maximum Gasteiger partial charge on any atom is 0.0587 e. The van der Waals surface area contributed by atoms with Crippen LogP contribution in [-0.4, -0.2) is 34.3 Å². The van der Waals surface area contributed by atoms with Gasteiger partial charge < -0.3 is 10.4 Å². The molecule has 92 valence electrons. The Labute approximate surface area is 99.2 Å². The number of hydrogen-bond donors (Lipinski definition) is 2. The van der Waals surface area contributed by atoms with Crippen LogP contribution in [0.4, 0.5) is 0 Å². The van der Waals surface area contributed by atoms with E-state index in [0.29, 0.717) is 16.7 Å². The molecule has 3 heteroatoms. The van der Waals surface area contributed by atoms with Gasteiger partial charge in [0.2, 0.25) is 0 Å². The zero-order valence-electron chi connectivity index (χ0n) is 11.0. The van der Waals surface area contributed by atoms with Gasteiger partial charge in [-0.2, -0.15) is 11.8 Å². The average molecular weight is 233 g/mol. The quantitative estimate of drug-likeness (QED) is 0.739. The minimum atomic E-state index is 0.223. The Hall–Kier alpha value is 0.270. The molecule has 2 atom stereocenters. The molecule has 0 aliphatic carbocycles. The lowest BCUT2D eigenvalue weighted by atomic mass is 10.0. The van der Waals surface area contributed by atoms with Crippen LogP contribution in [0.5, 0.6) is 0 Å². The van der Waals surface area contributed by atoms with Crippen LogP contribution in [-0.2, 0) is 0 Å². The maximum absolute atomic E-state index is 9.20. The Kier molecular flexibility index (Phi) is 6.89. The van der Waals surface area contributed by atoms with Gasteiger partial charge >= 0.3 is 0 Å². The van der Waals surface area contributed by atoms with E-state index in [2.05, 4.69) is 46.9 Å². The average Bonchev–Trinajstić information content (AvgIpc) is 2.09. The third-order valence-corrected chi connectivity index (χ3v) is 3.80. The van der Waals surface area contributed by atoms with Crippen molar-refractivity contribution in [1.82, 2.24) is 5.32 Å². The molecule has 0 aromatic rings. The molecule has 2 N–H and O–H groups in total. The SMILES string of the molecule is CC(C)[C@@H](CO)N[C@H](C)CSC(C)(C)C. The summed E-state index contributed by atoms with van der Waals surface area (Å²) in [5, 5.41) is 12.7. The first-order valence-corrected chi connectivity index (χ1v) is 6.75. The van der Waals surface area contributed by atoms with E-state index in [0.717, 1.165) is 5.75 Å². The highest BCUT2D eigenvalue weighted by Gasteiger charge is 2.17. The van der Waals surface area contributed by atoms with Gasteiger partial charge in [0.15, 0.2) is 0 Å². The van der Waals surface area contributed by atoms with Crippen molar-refractivity contribution in [2.45, 2.75) is 58.4 Å². The van der Waals surface area contributed by atoms with Crippen LogP contribution in [0.25, 0.3) is 0 Å². The molecule has 15 heavy (non-hydrogen) atoms. The van der Waals surface area contributed by atoms with Gasteiger partial charge in [0, 0.05) is 22.6 Å². The highest BCUT2D eigenvalue weighted by Crippen LogP contribution is 2.23. The van der Waals surface area contributed by atoms with E-state index in [9.17, 15) is 5.11 Å². The summed E-state index contributed by atoms with van der Waals surface area (Å²) in [6.45, 7) is 13.4. The fourth-order valence-electron chi connectivity index (χ4n) is 1.24. The minimum Gasteiger partial charge on any atom is -0.395 e. The second-order valence-electron chi connectivity index (χ2n) is 5.52. The summed E-state index contributed by atoms with van der Waals surface area (Å²) in [5.41, 5.74) is 0. The van der Waals surface area contributed by atoms with Gasteiger partial charge in [-0.15, -0.1) is 0 Å². The number of rotatable bonds is 6. The van der Waals surface area contributed by atoms with Gasteiger partial charge in [-0.3, -0.25) is 0 Å². The Morgan fingerprint density at radius 3 is 2.07 bits per heavy atom. The minimum absolute atomic E-state index is 0.223. The summed E-state index contributed by atoms with van der Waals surface area (Å²) in [5.74, 6) is 1.57. The third-order valence-electron chi connectivity index (χ3n) is 2.27. The van der Waals surface area contributed by atoms with E-state index in [4.69, 9.17) is 0 Å². The van der Waals surface area contributed by atoms with Crippen molar-refractivity contribution in [3.05, 3.63) is 0 Å². The standard InChI is InChI=1S/C12H27NOS/c1-9(2)11(7-14)13-10(3)8-15-12(4,5)6/h9-11,13-14H,7-8H2,1-6H3/t10-,11-/m1/s1. The van der Waals surface area contributed by atoms with Crippen LogP contribution in [0.1, 0.15) is 41.5 Å². The highest BCUT2D eigenvalue weighted by molar-refractivity contribution is 8.00. The topological polar surface area (TPSA) is 32.3 Å². The molecule has 0 bridgehead atoms. The summed E-state index contributed by atoms with van der Waals surface area (Å²) in [7, 11) is 0. The molecule has 0 unspecified atom stereocenters. The first-order valence-electron chi connectivity index (χ1n) is 5.77. The Bertz CT molecular complexity index is 165. The molecule has 0 aliphatic rings. The van der Waals surface area contributed by atoms with Gasteiger partial charge in [0.25, 0.3) is 0 Å². The van der Waals surface area contributed by atoms with Crippen LogP contribution in [0, 0.1) is 5.92 Å². The molecule has 0 spiro atoms. The second-order valence-corrected chi connectivity index (χ2v) is 7.37. The number of aliphatic hydroxyl groups excluding tert-OH is 1. The fourth-order valence-corrected chi connectivity index (χ4v) is 2.09. The Morgan fingerprint density at radius 1 is 1.20 bits per heavy atom. The zero-order valence-corrected chi connectivity index (χ0v) is 11.8. The zero-order chi connectivity index (χ0) is 12.1. The molecule has 0 amide bonds. The van der Waals surface area contributed by atoms with E-state index in [1.165, 1.54) is 0 Å². The summed E-state index contributed by atoms with van der Waals surface area (Å²) in [6.07, 6.45) is 0. The summed E-state index contributed by atoms with van der Waals surface area (Å²) >= 11 is 1.96. The van der Waals surface area contributed by atoms with Crippen LogP contribution >= 0.6 is 11.8 Å². The summed E-state index contributed by atoms with van der Waals surface area (Å²) in [4.78, 5) is 0. The molecule has 0 fully saturated rings. The first-order chi connectivity index (χ1) is 6.76. The molecule has 0 saturated carbocycles. The van der Waals surface area contributed by atoms with Gasteiger partial charge in [0.05, 0.1) is 6.61 Å². The molecule has 0 radical (unpaired) electrons. The smallest absolute Gasteiger partial charge is 0.0587 e. The molecule has 0 rings (SSSR count). The van der Waals surface area contributed by atoms with Crippen molar-refractivity contribution in [3.63, 3.8) is 0 Å². The van der Waals surface area contributed by atoms with Crippen LogP contribution in [0.15, 0.2) is 0 Å². The van der Waals surface area contributed by atoms with Gasteiger partial charge in [-0.25, -0.2) is 0 Å². The summed E-state index contributed by atoms with van der Waals surface area (Å²) in [6, 6.07) is 0.675. The number of nitrogens with one attached hydrogen (secondary N) is 1. The van der Waals surface area contributed by atoms with E-state index in [1.807, 2.05) is 11.8 Å². The maximum atomic E-state index is 9.20. The van der Waals surface area contributed by atoms with Crippen molar-refractivity contribution >= 4 is 11.8 Å². The second kappa shape index (κ2) is 6.77. The van der Waals surface area contributed by atoms with Crippen molar-refractivity contribution in [1.29, 1.82) is 0 Å². The third kappa shape index (κ3) is 8.12. The molecule has 0 saturated heterocycles. The van der Waals surface area contributed by atoms with Crippen molar-refractivity contribution in [2.24, 2.45) is 5.92 Å². The monoisotopic (exact) mass is 233 g/mol. The van der Waals surface area contributed by atoms with E-state index < -0.39 is 0 Å². The summed E-state index contributed by atoms with van der Waals surface area (Å²) < 4.78 is 0.322. The van der Waals surface area contributed by atoms with Gasteiger partial charge in [0.1, 0.15) is 0 Å². The molecular weight excluding hydrogens is 206 g/mol. The van der Waals surface area contributed by atoms with E-state index in [-0.39, 0.29) is 12.6 Å². The Morgan fingerprint density at radius 2 is 1.73 bits per heavy atom. The van der Waals surface area contributed by atoms with Crippen LogP contribution in [0.3, 0.4) is 0 Å². The van der Waals surface area contributed by atoms with Gasteiger partial charge in [-0.05, 0) is 12.8 Å². The molecule has 0 aliphatic heterocycles. The predicted molar refractivity (Wildman–Crippen MR) is 70.5 cm³/mol. The lowest BCUT2D eigenvalue weighted by molar-refractivity contribution is 0.204. The fraction of sp³-hybridized carbons (Fsp3) is 1.00. The number of thioether (sulfide) groups is 1. The normalized spacial score (nSPS) is 16.8. The molecule has 0 heterocycles. The molecule has 0 aromatic heterocycles. The lowest BCUT2D eigenvalue weighted by Gasteiger charge is -2.26. The van der Waals surface area contributed by atoms with Crippen molar-refractivity contribution < 1.29 is 5.11 Å². The molecular formula is C12H27NOS. The highest BCUT2D eigenvalue weighted by atomic mass is 32.2. The van der Waals surface area contributed by atoms with Gasteiger partial charge in [-0.1, -0.05) is 34.6 Å². The lowest BCUT2D eigenvalue weighted by Crippen LogP contribution is -2.43. The predicted octanol–water partition coefficient (Wildman–Crippen LogP) is 2.51. The van der Waals surface area contributed by atoms with Crippen molar-refractivity contribution in [2.75, 3.05) is 12.4 Å². The first kappa shape index (κ1) is 15.3. The molecule has 2 nitrogen and oxygen atoms in total. The molecule has 0 aromatic carbocycles. The largest absolute Gasteiger partial charge is 0.395 e. The number of aliphatic hydroxyl groups is 1. The van der Waals surface area contributed by atoms with E-state index in [1.54, 1.807) is 0 Å². The van der Waals surface area contributed by atoms with E-state index >= 15 is 0 Å². The number of hydrogen-bond acceptors (Lipinski definition) is 3. The Balaban J connectivity index is 3.86. The van der Waals surface area contributed by atoms with Crippen molar-refractivity contribution in [3.8, 4) is 0 Å².